The summed E-state index contributed by atoms with van der Waals surface area (Å²) in [6, 6.07) is 7.60. The number of para-hydroxylation sites is 1. The Morgan fingerprint density at radius 2 is 2.10 bits per heavy atom. The number of nitrogens with one attached hydrogen (secondary N) is 1. The molecule has 1 unspecified atom stereocenters. The predicted octanol–water partition coefficient (Wildman–Crippen LogP) is 4.92. The van der Waals surface area contributed by atoms with Crippen molar-refractivity contribution < 1.29 is 9.53 Å². The SMILES string of the molecule is CCCCN1c2ncnc(Cl)c2NC2=C(C(=O)CCC2)C1c1ccccc1OC. The number of ether oxygens (including phenoxy) is 1. The lowest BCUT2D eigenvalue weighted by Gasteiger charge is -2.35. The number of ketones is 1. The molecule has 0 saturated carbocycles. The summed E-state index contributed by atoms with van der Waals surface area (Å²) in [5, 5.41) is 3.79. The van der Waals surface area contributed by atoms with E-state index in [0.29, 0.717) is 17.3 Å². The maximum absolute atomic E-state index is 13.2. The van der Waals surface area contributed by atoms with Gasteiger partial charge in [-0.1, -0.05) is 43.1 Å². The van der Waals surface area contributed by atoms with Gasteiger partial charge >= 0.3 is 0 Å². The van der Waals surface area contributed by atoms with Gasteiger partial charge in [0.05, 0.1) is 13.2 Å². The quantitative estimate of drug-likeness (QED) is 0.703. The van der Waals surface area contributed by atoms with Crippen LogP contribution in [-0.4, -0.2) is 29.4 Å². The van der Waals surface area contributed by atoms with Crippen LogP contribution in [0.4, 0.5) is 11.5 Å². The van der Waals surface area contributed by atoms with Crippen LogP contribution in [0.25, 0.3) is 0 Å². The Morgan fingerprint density at radius 3 is 2.90 bits per heavy atom. The molecule has 6 nitrogen and oxygen atoms in total. The Hall–Kier alpha value is -2.60. The minimum Gasteiger partial charge on any atom is -0.496 e. The molecule has 0 spiro atoms. The first-order chi connectivity index (χ1) is 14.2. The highest BCUT2D eigenvalue weighted by Gasteiger charge is 2.39. The second-order valence-electron chi connectivity index (χ2n) is 7.35. The zero-order chi connectivity index (χ0) is 20.4. The van der Waals surface area contributed by atoms with Crippen LogP contribution >= 0.6 is 11.6 Å². The number of Topliss-reactive ketones (excluding diaryl/α,β-unsaturated/α-hetero) is 1. The molecule has 2 aliphatic rings. The summed E-state index contributed by atoms with van der Waals surface area (Å²) in [7, 11) is 1.66. The van der Waals surface area contributed by atoms with Crippen molar-refractivity contribution >= 4 is 28.9 Å². The van der Waals surface area contributed by atoms with E-state index >= 15 is 0 Å². The summed E-state index contributed by atoms with van der Waals surface area (Å²) in [4.78, 5) is 24.1. The molecule has 1 aromatic carbocycles. The van der Waals surface area contributed by atoms with Crippen molar-refractivity contribution in [3.8, 4) is 5.75 Å². The lowest BCUT2D eigenvalue weighted by atomic mass is 9.85. The standard InChI is InChI=1S/C22H25ClN4O2/c1-3-4-12-27-20(14-8-5-6-11-17(14)29-2)18-15(9-7-10-16(18)28)26-19-21(23)24-13-25-22(19)27/h5-6,8,11,13,20,26H,3-4,7,9-10,12H2,1-2H3. The number of aromatic nitrogens is 2. The van der Waals surface area contributed by atoms with Crippen molar-refractivity contribution in [2.24, 2.45) is 0 Å². The maximum Gasteiger partial charge on any atom is 0.163 e. The van der Waals surface area contributed by atoms with E-state index in [9.17, 15) is 4.79 Å². The predicted molar refractivity (Wildman–Crippen MR) is 115 cm³/mol. The highest BCUT2D eigenvalue weighted by atomic mass is 35.5. The topological polar surface area (TPSA) is 67.4 Å². The zero-order valence-corrected chi connectivity index (χ0v) is 17.5. The molecule has 152 valence electrons. The monoisotopic (exact) mass is 412 g/mol. The molecule has 2 heterocycles. The molecule has 1 aliphatic carbocycles. The highest BCUT2D eigenvalue weighted by Crippen LogP contribution is 2.47. The Balaban J connectivity index is 1.99. The normalized spacial score (nSPS) is 18.7. The van der Waals surface area contributed by atoms with Crippen molar-refractivity contribution in [1.82, 2.24) is 9.97 Å². The number of hydrogen-bond acceptors (Lipinski definition) is 6. The highest BCUT2D eigenvalue weighted by molar-refractivity contribution is 6.32. The number of benzene rings is 1. The molecule has 0 bridgehead atoms. The lowest BCUT2D eigenvalue weighted by Crippen LogP contribution is -2.34. The van der Waals surface area contributed by atoms with Gasteiger partial charge in [-0.05, 0) is 25.3 Å². The summed E-state index contributed by atoms with van der Waals surface area (Å²) >= 11 is 6.46. The number of fused-ring (bicyclic) bond motifs is 1. The van der Waals surface area contributed by atoms with Crippen molar-refractivity contribution in [2.75, 3.05) is 23.9 Å². The van der Waals surface area contributed by atoms with E-state index in [1.807, 2.05) is 24.3 Å². The molecule has 4 rings (SSSR count). The Labute approximate surface area is 175 Å². The number of unbranched alkanes of at least 4 members (excludes halogenated alkanes) is 1. The van der Waals surface area contributed by atoms with Crippen LogP contribution in [0, 0.1) is 0 Å². The summed E-state index contributed by atoms with van der Waals surface area (Å²) in [5.41, 5.74) is 3.32. The number of hydrogen-bond donors (Lipinski definition) is 1. The molecule has 0 saturated heterocycles. The lowest BCUT2D eigenvalue weighted by molar-refractivity contribution is -0.116. The Bertz CT molecular complexity index is 960. The third kappa shape index (κ3) is 3.57. The first kappa shape index (κ1) is 19.7. The molecule has 7 heteroatoms. The second kappa shape index (κ2) is 8.41. The molecule has 1 atom stereocenters. The van der Waals surface area contributed by atoms with Crippen LogP contribution in [0.3, 0.4) is 0 Å². The number of allylic oxidation sites excluding steroid dienone is 1. The minimum absolute atomic E-state index is 0.160. The molecule has 0 amide bonds. The third-order valence-corrected chi connectivity index (χ3v) is 5.84. The third-order valence-electron chi connectivity index (χ3n) is 5.56. The molecule has 1 N–H and O–H groups in total. The molecule has 1 aromatic heterocycles. The van der Waals surface area contributed by atoms with E-state index in [1.54, 1.807) is 7.11 Å². The van der Waals surface area contributed by atoms with Crippen LogP contribution in [0.1, 0.15) is 50.6 Å². The number of anilines is 2. The average Bonchev–Trinajstić information content (AvgIpc) is 2.88. The molecular formula is C22H25ClN4O2. The summed E-state index contributed by atoms with van der Waals surface area (Å²) in [6.07, 6.45) is 5.62. The van der Waals surface area contributed by atoms with Gasteiger partial charge in [0.2, 0.25) is 0 Å². The maximum atomic E-state index is 13.2. The number of carbonyl (C=O) groups excluding carboxylic acids is 1. The van der Waals surface area contributed by atoms with E-state index < -0.39 is 0 Å². The number of rotatable bonds is 5. The fourth-order valence-corrected chi connectivity index (χ4v) is 4.38. The first-order valence-electron chi connectivity index (χ1n) is 10.1. The number of carbonyl (C=O) groups is 1. The molecule has 0 fully saturated rings. The average molecular weight is 413 g/mol. The van der Waals surface area contributed by atoms with Gasteiger partial charge in [0, 0.05) is 29.8 Å². The fraction of sp³-hybridized carbons (Fsp3) is 0.409. The van der Waals surface area contributed by atoms with Crippen LogP contribution in [0.15, 0.2) is 41.9 Å². The largest absolute Gasteiger partial charge is 0.496 e. The van der Waals surface area contributed by atoms with Gasteiger partial charge in [-0.2, -0.15) is 0 Å². The summed E-state index contributed by atoms with van der Waals surface area (Å²) in [5.74, 6) is 1.64. The molecule has 0 radical (unpaired) electrons. The van der Waals surface area contributed by atoms with Gasteiger partial charge in [-0.25, -0.2) is 9.97 Å². The van der Waals surface area contributed by atoms with Crippen LogP contribution in [-0.2, 0) is 4.79 Å². The fourth-order valence-electron chi connectivity index (χ4n) is 4.20. The second-order valence-corrected chi connectivity index (χ2v) is 7.71. The van der Waals surface area contributed by atoms with Gasteiger partial charge in [0.1, 0.15) is 17.8 Å². The first-order valence-corrected chi connectivity index (χ1v) is 10.5. The van der Waals surface area contributed by atoms with E-state index in [0.717, 1.165) is 60.6 Å². The van der Waals surface area contributed by atoms with Crippen molar-refractivity contribution in [3.05, 3.63) is 52.6 Å². The summed E-state index contributed by atoms with van der Waals surface area (Å²) in [6.45, 7) is 2.89. The van der Waals surface area contributed by atoms with E-state index in [-0.39, 0.29) is 11.8 Å². The van der Waals surface area contributed by atoms with E-state index in [4.69, 9.17) is 16.3 Å². The smallest absolute Gasteiger partial charge is 0.163 e. The summed E-state index contributed by atoms with van der Waals surface area (Å²) < 4.78 is 5.68. The van der Waals surface area contributed by atoms with Crippen LogP contribution < -0.4 is 15.0 Å². The van der Waals surface area contributed by atoms with E-state index in [2.05, 4.69) is 27.1 Å². The Morgan fingerprint density at radius 1 is 1.28 bits per heavy atom. The van der Waals surface area contributed by atoms with E-state index in [1.165, 1.54) is 6.33 Å². The van der Waals surface area contributed by atoms with Crippen molar-refractivity contribution in [3.63, 3.8) is 0 Å². The number of methoxy groups -OCH3 is 1. The van der Waals surface area contributed by atoms with Gasteiger partial charge < -0.3 is 15.0 Å². The van der Waals surface area contributed by atoms with Crippen molar-refractivity contribution in [1.29, 1.82) is 0 Å². The molecular weight excluding hydrogens is 388 g/mol. The van der Waals surface area contributed by atoms with Crippen LogP contribution in [0.5, 0.6) is 5.75 Å². The molecule has 1 aliphatic heterocycles. The van der Waals surface area contributed by atoms with Gasteiger partial charge in [0.25, 0.3) is 0 Å². The zero-order valence-electron chi connectivity index (χ0n) is 16.7. The molecule has 29 heavy (non-hydrogen) atoms. The number of nitrogens with zero attached hydrogens (tertiary/aromatic N) is 3. The van der Waals surface area contributed by atoms with Gasteiger partial charge in [-0.3, -0.25) is 4.79 Å². The van der Waals surface area contributed by atoms with Crippen molar-refractivity contribution in [2.45, 2.75) is 45.1 Å². The van der Waals surface area contributed by atoms with Gasteiger partial charge in [0.15, 0.2) is 16.8 Å². The molecule has 2 aromatic rings. The minimum atomic E-state index is -0.291. The Kier molecular flexibility index (Phi) is 5.72. The number of halogens is 1. The van der Waals surface area contributed by atoms with Gasteiger partial charge in [-0.15, -0.1) is 0 Å². The van der Waals surface area contributed by atoms with Crippen LogP contribution in [0.2, 0.25) is 5.15 Å².